The molecule has 66 valence electrons. The molecule has 1 nitrogen and oxygen atoms in total. The summed E-state index contributed by atoms with van der Waals surface area (Å²) in [5.41, 5.74) is 0.544. The van der Waals surface area contributed by atoms with Gasteiger partial charge in [-0.1, -0.05) is 30.0 Å². The number of thioether (sulfide) groups is 1. The van der Waals surface area contributed by atoms with Crippen LogP contribution in [0.2, 0.25) is 0 Å². The zero-order chi connectivity index (χ0) is 8.97. The Labute approximate surface area is 73.4 Å². The maximum absolute atomic E-state index is 11.9. The van der Waals surface area contributed by atoms with Crippen molar-refractivity contribution < 1.29 is 13.9 Å². The average Bonchev–Trinajstić information content (AvgIpc) is 2.04. The molecule has 1 aromatic rings. The van der Waals surface area contributed by atoms with Crippen LogP contribution in [0.4, 0.5) is 8.78 Å². The fraction of sp³-hybridized carbons (Fsp3) is 0.250. The van der Waals surface area contributed by atoms with E-state index < -0.39 is 5.76 Å². The molecule has 0 saturated heterocycles. The molecule has 0 aromatic heterocycles. The molecule has 0 spiro atoms. The number of rotatable bonds is 3. The smallest absolute Gasteiger partial charge is 0.288 e. The van der Waals surface area contributed by atoms with Crippen molar-refractivity contribution in [1.82, 2.24) is 0 Å². The van der Waals surface area contributed by atoms with E-state index in [1.54, 1.807) is 24.3 Å². The highest BCUT2D eigenvalue weighted by Crippen LogP contribution is 2.28. The first kappa shape index (κ1) is 9.48. The Morgan fingerprint density at radius 2 is 2.00 bits per heavy atom. The second-order valence-corrected chi connectivity index (χ2v) is 3.18. The van der Waals surface area contributed by atoms with Crippen molar-refractivity contribution in [1.29, 1.82) is 0 Å². The molecule has 0 unspecified atom stereocenters. The number of alkyl halides is 2. The SMILES string of the molecule is OCc1ccccc1SC(F)F. The van der Waals surface area contributed by atoms with Crippen LogP contribution >= 0.6 is 11.8 Å². The van der Waals surface area contributed by atoms with E-state index in [9.17, 15) is 8.78 Å². The summed E-state index contributed by atoms with van der Waals surface area (Å²) in [6, 6.07) is 6.58. The molecular formula is C8H8F2OS. The van der Waals surface area contributed by atoms with Crippen LogP contribution in [0.3, 0.4) is 0 Å². The first-order valence-corrected chi connectivity index (χ1v) is 4.25. The summed E-state index contributed by atoms with van der Waals surface area (Å²) in [6.07, 6.45) is 0. The van der Waals surface area contributed by atoms with Crippen LogP contribution in [-0.2, 0) is 6.61 Å². The lowest BCUT2D eigenvalue weighted by Crippen LogP contribution is -1.89. The van der Waals surface area contributed by atoms with Crippen LogP contribution in [-0.4, -0.2) is 10.9 Å². The van der Waals surface area contributed by atoms with Gasteiger partial charge in [-0.2, -0.15) is 8.78 Å². The normalized spacial score (nSPS) is 10.7. The van der Waals surface area contributed by atoms with Crippen molar-refractivity contribution in [3.05, 3.63) is 29.8 Å². The Balaban J connectivity index is 2.82. The maximum atomic E-state index is 11.9. The summed E-state index contributed by atoms with van der Waals surface area (Å²) in [4.78, 5) is 0.440. The van der Waals surface area contributed by atoms with Gasteiger partial charge in [0.05, 0.1) is 6.61 Å². The van der Waals surface area contributed by atoms with E-state index in [1.807, 2.05) is 0 Å². The topological polar surface area (TPSA) is 20.2 Å². The molecule has 0 aliphatic rings. The van der Waals surface area contributed by atoms with E-state index in [0.717, 1.165) is 0 Å². The Morgan fingerprint density at radius 1 is 1.33 bits per heavy atom. The van der Waals surface area contributed by atoms with Gasteiger partial charge < -0.3 is 5.11 Å². The minimum atomic E-state index is -2.43. The third kappa shape index (κ3) is 2.46. The molecule has 0 saturated carbocycles. The minimum Gasteiger partial charge on any atom is -0.392 e. The van der Waals surface area contributed by atoms with Crippen LogP contribution in [0, 0.1) is 0 Å². The predicted molar refractivity (Wildman–Crippen MR) is 44.2 cm³/mol. The fourth-order valence-electron chi connectivity index (χ4n) is 0.845. The zero-order valence-electron chi connectivity index (χ0n) is 6.21. The van der Waals surface area contributed by atoms with E-state index in [1.165, 1.54) is 0 Å². The number of hydrogen-bond acceptors (Lipinski definition) is 2. The minimum absolute atomic E-state index is 0.199. The van der Waals surface area contributed by atoms with Crippen LogP contribution in [0.25, 0.3) is 0 Å². The van der Waals surface area contributed by atoms with E-state index in [2.05, 4.69) is 0 Å². The Hall–Kier alpha value is -0.610. The van der Waals surface area contributed by atoms with Crippen molar-refractivity contribution in [3.63, 3.8) is 0 Å². The number of halogens is 2. The van der Waals surface area contributed by atoms with Crippen LogP contribution in [0.15, 0.2) is 29.2 Å². The van der Waals surface area contributed by atoms with Crippen LogP contribution in [0.5, 0.6) is 0 Å². The van der Waals surface area contributed by atoms with Crippen molar-refractivity contribution in [3.8, 4) is 0 Å². The molecular weight excluding hydrogens is 182 g/mol. The summed E-state index contributed by atoms with van der Waals surface area (Å²) < 4.78 is 23.8. The van der Waals surface area contributed by atoms with E-state index in [4.69, 9.17) is 5.11 Å². The number of aliphatic hydroxyl groups excluding tert-OH is 1. The van der Waals surface area contributed by atoms with Gasteiger partial charge in [0.2, 0.25) is 0 Å². The lowest BCUT2D eigenvalue weighted by molar-refractivity contribution is 0.251. The number of aliphatic hydroxyl groups is 1. The fourth-order valence-corrected chi connectivity index (χ4v) is 1.48. The largest absolute Gasteiger partial charge is 0.392 e. The van der Waals surface area contributed by atoms with Gasteiger partial charge in [-0.15, -0.1) is 0 Å². The third-order valence-corrected chi connectivity index (χ3v) is 2.19. The number of hydrogen-bond donors (Lipinski definition) is 1. The van der Waals surface area contributed by atoms with Gasteiger partial charge in [0.15, 0.2) is 0 Å². The number of benzene rings is 1. The Morgan fingerprint density at radius 3 is 2.58 bits per heavy atom. The molecule has 0 aliphatic carbocycles. The van der Waals surface area contributed by atoms with Gasteiger partial charge in [0, 0.05) is 4.90 Å². The summed E-state index contributed by atoms with van der Waals surface area (Å²) >= 11 is 0.456. The average molecular weight is 190 g/mol. The molecule has 0 heterocycles. The van der Waals surface area contributed by atoms with Crippen LogP contribution in [0.1, 0.15) is 5.56 Å². The van der Waals surface area contributed by atoms with Gasteiger partial charge in [0.25, 0.3) is 5.76 Å². The molecule has 1 aromatic carbocycles. The summed E-state index contributed by atoms with van der Waals surface area (Å²) in [5, 5.41) is 8.77. The molecule has 0 aliphatic heterocycles. The van der Waals surface area contributed by atoms with Gasteiger partial charge >= 0.3 is 0 Å². The second-order valence-electron chi connectivity index (χ2n) is 2.14. The van der Waals surface area contributed by atoms with Gasteiger partial charge in [-0.05, 0) is 11.6 Å². The molecule has 0 fully saturated rings. The van der Waals surface area contributed by atoms with Gasteiger partial charge in [0.1, 0.15) is 0 Å². The van der Waals surface area contributed by atoms with Gasteiger partial charge in [-0.3, -0.25) is 0 Å². The van der Waals surface area contributed by atoms with Gasteiger partial charge in [-0.25, -0.2) is 0 Å². The molecule has 0 amide bonds. The molecule has 1 N–H and O–H groups in total. The highest BCUT2D eigenvalue weighted by atomic mass is 32.2. The summed E-state index contributed by atoms with van der Waals surface area (Å²) in [7, 11) is 0. The first-order chi connectivity index (χ1) is 5.74. The third-order valence-electron chi connectivity index (χ3n) is 1.36. The molecule has 0 bridgehead atoms. The Bertz CT molecular complexity index is 253. The lowest BCUT2D eigenvalue weighted by atomic mass is 10.2. The van der Waals surface area contributed by atoms with Crippen molar-refractivity contribution >= 4 is 11.8 Å². The zero-order valence-corrected chi connectivity index (χ0v) is 7.02. The second kappa shape index (κ2) is 4.42. The summed E-state index contributed by atoms with van der Waals surface area (Å²) in [6.45, 7) is -0.199. The molecule has 12 heavy (non-hydrogen) atoms. The Kier molecular flexibility index (Phi) is 3.49. The monoisotopic (exact) mass is 190 g/mol. The quantitative estimate of drug-likeness (QED) is 0.739. The van der Waals surface area contributed by atoms with Crippen molar-refractivity contribution in [2.24, 2.45) is 0 Å². The van der Waals surface area contributed by atoms with Crippen molar-refractivity contribution in [2.75, 3.05) is 0 Å². The first-order valence-electron chi connectivity index (χ1n) is 3.37. The van der Waals surface area contributed by atoms with E-state index >= 15 is 0 Å². The molecule has 4 heteroatoms. The molecule has 0 atom stereocenters. The highest BCUT2D eigenvalue weighted by Gasteiger charge is 2.07. The van der Waals surface area contributed by atoms with Crippen LogP contribution < -0.4 is 0 Å². The molecule has 1 rings (SSSR count). The summed E-state index contributed by atoms with van der Waals surface area (Å²) in [5.74, 6) is -2.43. The maximum Gasteiger partial charge on any atom is 0.288 e. The molecule has 0 radical (unpaired) electrons. The standard InChI is InChI=1S/C8H8F2OS/c9-8(10)12-7-4-2-1-3-6(7)5-11/h1-4,8,11H,5H2. The lowest BCUT2D eigenvalue weighted by Gasteiger charge is -2.04. The van der Waals surface area contributed by atoms with Crippen molar-refractivity contribution in [2.45, 2.75) is 17.3 Å². The highest BCUT2D eigenvalue weighted by molar-refractivity contribution is 7.99. The predicted octanol–water partition coefficient (Wildman–Crippen LogP) is 2.49. The van der Waals surface area contributed by atoms with E-state index in [0.29, 0.717) is 22.2 Å². The van der Waals surface area contributed by atoms with E-state index in [-0.39, 0.29) is 6.61 Å².